The van der Waals surface area contributed by atoms with Gasteiger partial charge in [-0.15, -0.1) is 24.0 Å². The molecule has 0 saturated carbocycles. The molecule has 0 unspecified atom stereocenters. The lowest BCUT2D eigenvalue weighted by Gasteiger charge is -2.26. The molecule has 2 N–H and O–H groups in total. The summed E-state index contributed by atoms with van der Waals surface area (Å²) < 4.78 is 5.40. The van der Waals surface area contributed by atoms with Gasteiger partial charge in [-0.3, -0.25) is 15.0 Å². The number of guanidine groups is 1. The van der Waals surface area contributed by atoms with Crippen molar-refractivity contribution in [3.05, 3.63) is 75.3 Å². The molecule has 2 aromatic rings. The first-order valence-corrected chi connectivity index (χ1v) is 10.7. The van der Waals surface area contributed by atoms with Crippen LogP contribution in [0.1, 0.15) is 23.1 Å². The maximum Gasteiger partial charge on any atom is 0.269 e. The third kappa shape index (κ3) is 8.71. The van der Waals surface area contributed by atoms with E-state index in [1.54, 1.807) is 12.1 Å². The van der Waals surface area contributed by atoms with Crippen molar-refractivity contribution >= 4 is 35.6 Å². The van der Waals surface area contributed by atoms with E-state index in [1.165, 1.54) is 23.3 Å². The Morgan fingerprint density at radius 2 is 1.84 bits per heavy atom. The van der Waals surface area contributed by atoms with E-state index in [4.69, 9.17) is 4.74 Å². The van der Waals surface area contributed by atoms with E-state index < -0.39 is 4.92 Å². The molecule has 0 radical (unpaired) electrons. The highest BCUT2D eigenvalue weighted by atomic mass is 127. The Morgan fingerprint density at radius 3 is 2.53 bits per heavy atom. The van der Waals surface area contributed by atoms with Crippen molar-refractivity contribution < 1.29 is 9.66 Å². The largest absolute Gasteiger partial charge is 0.379 e. The second-order valence-corrected chi connectivity index (χ2v) is 7.60. The minimum absolute atomic E-state index is 0. The fraction of sp³-hybridized carbons (Fsp3) is 0.435. The highest BCUT2D eigenvalue weighted by Crippen LogP contribution is 2.12. The highest BCUT2D eigenvalue weighted by molar-refractivity contribution is 14.0. The standard InChI is InChI=1S/C23H31N5O3.HI/c1-19-5-2-3-6-21(19)18-26-23(24-11-4-12-27-13-15-31-16-14-27)25-17-20-7-9-22(10-8-20)28(29)30;/h2-3,5-10H,4,11-18H2,1H3,(H2,24,25,26);1H. The number of nitro groups is 1. The van der Waals surface area contributed by atoms with Gasteiger partial charge in [0.25, 0.3) is 5.69 Å². The average Bonchev–Trinajstić information content (AvgIpc) is 2.80. The zero-order chi connectivity index (χ0) is 21.9. The van der Waals surface area contributed by atoms with Crippen LogP contribution >= 0.6 is 24.0 Å². The minimum Gasteiger partial charge on any atom is -0.379 e. The van der Waals surface area contributed by atoms with Crippen LogP contribution in [0, 0.1) is 17.0 Å². The van der Waals surface area contributed by atoms with E-state index in [9.17, 15) is 10.1 Å². The van der Waals surface area contributed by atoms with Crippen molar-refractivity contribution in [2.24, 2.45) is 4.99 Å². The SMILES string of the molecule is Cc1ccccc1CNC(=NCc1ccc([N+](=O)[O-])cc1)NCCCN1CCOCC1.I. The maximum absolute atomic E-state index is 10.8. The molecule has 0 atom stereocenters. The van der Waals surface area contributed by atoms with Gasteiger partial charge in [-0.1, -0.05) is 36.4 Å². The van der Waals surface area contributed by atoms with Crippen molar-refractivity contribution in [2.45, 2.75) is 26.4 Å². The summed E-state index contributed by atoms with van der Waals surface area (Å²) in [6.07, 6.45) is 1.02. The molecule has 0 bridgehead atoms. The first-order valence-electron chi connectivity index (χ1n) is 10.7. The van der Waals surface area contributed by atoms with Crippen LogP contribution in [-0.2, 0) is 17.8 Å². The summed E-state index contributed by atoms with van der Waals surface area (Å²) in [5.41, 5.74) is 3.47. The van der Waals surface area contributed by atoms with Crippen molar-refractivity contribution in [1.29, 1.82) is 0 Å². The Kier molecular flexibility index (Phi) is 11.4. The quantitative estimate of drug-likeness (QED) is 0.123. The zero-order valence-corrected chi connectivity index (χ0v) is 20.8. The second kappa shape index (κ2) is 14.0. The molecular weight excluding hydrogens is 521 g/mol. The van der Waals surface area contributed by atoms with Gasteiger partial charge >= 0.3 is 0 Å². The van der Waals surface area contributed by atoms with Crippen LogP contribution < -0.4 is 10.6 Å². The van der Waals surface area contributed by atoms with Gasteiger partial charge < -0.3 is 15.4 Å². The molecule has 1 heterocycles. The third-order valence-corrected chi connectivity index (χ3v) is 5.32. The van der Waals surface area contributed by atoms with Crippen LogP contribution in [-0.4, -0.2) is 55.2 Å². The number of hydrogen-bond acceptors (Lipinski definition) is 5. The summed E-state index contributed by atoms with van der Waals surface area (Å²) >= 11 is 0. The Hall–Kier alpha value is -2.24. The molecule has 2 aromatic carbocycles. The van der Waals surface area contributed by atoms with E-state index in [0.29, 0.717) is 13.1 Å². The molecule has 3 rings (SSSR count). The van der Waals surface area contributed by atoms with E-state index >= 15 is 0 Å². The highest BCUT2D eigenvalue weighted by Gasteiger charge is 2.10. The van der Waals surface area contributed by atoms with E-state index in [2.05, 4.69) is 39.6 Å². The van der Waals surface area contributed by atoms with Crippen LogP contribution in [0.25, 0.3) is 0 Å². The predicted molar refractivity (Wildman–Crippen MR) is 138 cm³/mol. The summed E-state index contributed by atoms with van der Waals surface area (Å²) in [7, 11) is 0. The number of ether oxygens (including phenoxy) is 1. The first kappa shape index (κ1) is 26.0. The molecule has 0 spiro atoms. The number of nitrogens with zero attached hydrogens (tertiary/aromatic N) is 3. The molecule has 1 fully saturated rings. The van der Waals surface area contributed by atoms with E-state index in [0.717, 1.165) is 57.3 Å². The van der Waals surface area contributed by atoms with Crippen molar-refractivity contribution in [2.75, 3.05) is 39.4 Å². The topological polar surface area (TPSA) is 92.0 Å². The molecule has 0 aliphatic carbocycles. The summed E-state index contributed by atoms with van der Waals surface area (Å²) in [4.78, 5) is 17.5. The van der Waals surface area contributed by atoms with Crippen LogP contribution in [0.4, 0.5) is 5.69 Å². The number of aliphatic imine (C=N–C) groups is 1. The Balaban J connectivity index is 0.00000363. The summed E-state index contributed by atoms with van der Waals surface area (Å²) in [5, 5.41) is 17.7. The van der Waals surface area contributed by atoms with Gasteiger partial charge in [0.2, 0.25) is 0 Å². The number of non-ortho nitro benzene ring substituents is 1. The lowest BCUT2D eigenvalue weighted by atomic mass is 10.1. The van der Waals surface area contributed by atoms with Crippen LogP contribution in [0.2, 0.25) is 0 Å². The molecule has 1 saturated heterocycles. The lowest BCUT2D eigenvalue weighted by Crippen LogP contribution is -2.40. The molecule has 9 heteroatoms. The average molecular weight is 553 g/mol. The summed E-state index contributed by atoms with van der Waals surface area (Å²) in [6, 6.07) is 14.8. The van der Waals surface area contributed by atoms with E-state index in [1.807, 2.05) is 12.1 Å². The lowest BCUT2D eigenvalue weighted by molar-refractivity contribution is -0.384. The van der Waals surface area contributed by atoms with Gasteiger partial charge in [-0.25, -0.2) is 4.99 Å². The molecule has 0 aromatic heterocycles. The number of benzene rings is 2. The number of halogens is 1. The Morgan fingerprint density at radius 1 is 1.12 bits per heavy atom. The number of nitrogens with one attached hydrogen (secondary N) is 2. The number of hydrogen-bond donors (Lipinski definition) is 2. The fourth-order valence-electron chi connectivity index (χ4n) is 3.39. The molecular formula is C23H32IN5O3. The summed E-state index contributed by atoms with van der Waals surface area (Å²) in [5.74, 6) is 0.739. The third-order valence-electron chi connectivity index (χ3n) is 5.32. The molecule has 8 nitrogen and oxygen atoms in total. The molecule has 1 aliphatic heterocycles. The molecule has 32 heavy (non-hydrogen) atoms. The maximum atomic E-state index is 10.8. The van der Waals surface area contributed by atoms with Gasteiger partial charge in [0.1, 0.15) is 0 Å². The van der Waals surface area contributed by atoms with Crippen LogP contribution in [0.15, 0.2) is 53.5 Å². The molecule has 1 aliphatic rings. The van der Waals surface area contributed by atoms with Crippen molar-refractivity contribution in [3.8, 4) is 0 Å². The zero-order valence-electron chi connectivity index (χ0n) is 18.5. The number of nitro benzene ring substituents is 1. The van der Waals surface area contributed by atoms with Crippen LogP contribution in [0.3, 0.4) is 0 Å². The second-order valence-electron chi connectivity index (χ2n) is 7.60. The smallest absolute Gasteiger partial charge is 0.269 e. The van der Waals surface area contributed by atoms with Gasteiger partial charge in [0, 0.05) is 38.3 Å². The summed E-state index contributed by atoms with van der Waals surface area (Å²) in [6.45, 7) is 8.69. The van der Waals surface area contributed by atoms with Gasteiger partial charge in [-0.05, 0) is 36.6 Å². The minimum atomic E-state index is -0.391. The normalized spacial score (nSPS) is 14.5. The Bertz CT molecular complexity index is 870. The number of rotatable bonds is 9. The number of morpholine rings is 1. The van der Waals surface area contributed by atoms with Gasteiger partial charge in [-0.2, -0.15) is 0 Å². The fourth-order valence-corrected chi connectivity index (χ4v) is 3.39. The van der Waals surface area contributed by atoms with Gasteiger partial charge in [0.15, 0.2) is 5.96 Å². The molecule has 0 amide bonds. The predicted octanol–water partition coefficient (Wildman–Crippen LogP) is 3.48. The van der Waals surface area contributed by atoms with Crippen molar-refractivity contribution in [3.63, 3.8) is 0 Å². The number of aryl methyl sites for hydroxylation is 1. The first-order chi connectivity index (χ1) is 15.1. The van der Waals surface area contributed by atoms with Crippen molar-refractivity contribution in [1.82, 2.24) is 15.5 Å². The monoisotopic (exact) mass is 553 g/mol. The molecule has 174 valence electrons. The van der Waals surface area contributed by atoms with Gasteiger partial charge in [0.05, 0.1) is 24.7 Å². The van der Waals surface area contributed by atoms with E-state index in [-0.39, 0.29) is 29.7 Å². The Labute approximate surface area is 206 Å². The van der Waals surface area contributed by atoms with Crippen LogP contribution in [0.5, 0.6) is 0 Å².